The Balaban J connectivity index is 2.44. The second-order valence-electron chi connectivity index (χ2n) is 4.69. The van der Waals surface area contributed by atoms with Crippen molar-refractivity contribution in [3.63, 3.8) is 0 Å². The van der Waals surface area contributed by atoms with Crippen LogP contribution in [0.5, 0.6) is 5.75 Å². The summed E-state index contributed by atoms with van der Waals surface area (Å²) >= 11 is 0. The topological polar surface area (TPSA) is 104 Å². The maximum absolute atomic E-state index is 11.7. The van der Waals surface area contributed by atoms with Crippen LogP contribution in [-0.4, -0.2) is 37.4 Å². The molecule has 0 spiro atoms. The van der Waals surface area contributed by atoms with Crippen molar-refractivity contribution in [3.8, 4) is 5.75 Å². The number of carbonyl (C=O) groups is 1. The third-order valence-corrected chi connectivity index (χ3v) is 4.43. The molecule has 2 rings (SSSR count). The number of rotatable bonds is 3. The predicted molar refractivity (Wildman–Crippen MR) is 67.7 cm³/mol. The van der Waals surface area contributed by atoms with Crippen LogP contribution in [0.1, 0.15) is 18.0 Å². The Morgan fingerprint density at radius 1 is 1.42 bits per heavy atom. The first-order valence-corrected chi connectivity index (χ1v) is 7.68. The van der Waals surface area contributed by atoms with Gasteiger partial charge in [0.05, 0.1) is 10.8 Å². The maximum atomic E-state index is 11.7. The zero-order valence-electron chi connectivity index (χ0n) is 10.3. The molecule has 7 heteroatoms. The molecule has 1 aromatic carbocycles. The van der Waals surface area contributed by atoms with Crippen LogP contribution in [0.3, 0.4) is 0 Å². The zero-order chi connectivity index (χ0) is 14.2. The lowest BCUT2D eigenvalue weighted by atomic mass is 9.99. The Morgan fingerprint density at radius 2 is 2.11 bits per heavy atom. The Kier molecular flexibility index (Phi) is 3.51. The summed E-state index contributed by atoms with van der Waals surface area (Å²) in [7, 11) is -3.48. The van der Waals surface area contributed by atoms with E-state index in [4.69, 9.17) is 5.11 Å². The zero-order valence-corrected chi connectivity index (χ0v) is 11.1. The summed E-state index contributed by atoms with van der Waals surface area (Å²) < 4.78 is 23.4. The smallest absolute Gasteiger partial charge is 0.307 e. The fourth-order valence-electron chi connectivity index (χ4n) is 2.35. The Morgan fingerprint density at radius 3 is 2.63 bits per heavy atom. The largest absolute Gasteiger partial charge is 0.508 e. The molecule has 2 unspecified atom stereocenters. The van der Waals surface area contributed by atoms with Gasteiger partial charge in [-0.25, -0.2) is 8.42 Å². The van der Waals surface area contributed by atoms with Crippen LogP contribution in [0.25, 0.3) is 0 Å². The molecule has 0 aromatic heterocycles. The van der Waals surface area contributed by atoms with Gasteiger partial charge >= 0.3 is 5.97 Å². The monoisotopic (exact) mass is 285 g/mol. The number of hydrogen-bond donors (Lipinski definition) is 3. The molecule has 0 amide bonds. The summed E-state index contributed by atoms with van der Waals surface area (Å²) in [6.45, 7) is 0.261. The number of phenolic OH excluding ortho intramolecular Hbond substituents is 1. The highest BCUT2D eigenvalue weighted by Crippen LogP contribution is 2.36. The van der Waals surface area contributed by atoms with Gasteiger partial charge in [0.15, 0.2) is 9.84 Å². The number of benzene rings is 1. The standard InChI is InChI=1S/C12H15NO5S/c1-19(17,18)10-4-2-3-9(14)11(10)8-5-7(6-13-8)12(15)16/h2-4,7-8,13-14H,5-6H2,1H3,(H,15,16). The van der Waals surface area contributed by atoms with E-state index >= 15 is 0 Å². The van der Waals surface area contributed by atoms with Gasteiger partial charge in [-0.2, -0.15) is 0 Å². The van der Waals surface area contributed by atoms with Crippen molar-refractivity contribution in [2.24, 2.45) is 5.92 Å². The summed E-state index contributed by atoms with van der Waals surface area (Å²) in [5.74, 6) is -1.63. The summed E-state index contributed by atoms with van der Waals surface area (Å²) in [5.41, 5.74) is 0.258. The molecule has 0 bridgehead atoms. The predicted octanol–water partition coefficient (Wildman–Crippen LogP) is 0.531. The lowest BCUT2D eigenvalue weighted by Gasteiger charge is -2.16. The molecule has 6 nitrogen and oxygen atoms in total. The van der Waals surface area contributed by atoms with Crippen molar-refractivity contribution in [1.82, 2.24) is 5.32 Å². The number of sulfone groups is 1. The molecule has 0 saturated carbocycles. The summed E-state index contributed by atoms with van der Waals surface area (Å²) in [6.07, 6.45) is 1.32. The summed E-state index contributed by atoms with van der Waals surface area (Å²) in [4.78, 5) is 11.0. The third-order valence-electron chi connectivity index (χ3n) is 3.27. The van der Waals surface area contributed by atoms with E-state index < -0.39 is 27.8 Å². The average Bonchev–Trinajstić information content (AvgIpc) is 2.76. The van der Waals surface area contributed by atoms with Crippen molar-refractivity contribution < 1.29 is 23.4 Å². The molecule has 0 aliphatic carbocycles. The molecule has 1 aromatic rings. The van der Waals surface area contributed by atoms with E-state index in [9.17, 15) is 18.3 Å². The van der Waals surface area contributed by atoms with E-state index in [0.717, 1.165) is 6.26 Å². The number of aromatic hydroxyl groups is 1. The van der Waals surface area contributed by atoms with E-state index in [1.54, 1.807) is 0 Å². The molecular formula is C12H15NO5S. The average molecular weight is 285 g/mol. The van der Waals surface area contributed by atoms with Gasteiger partial charge in [0, 0.05) is 24.4 Å². The molecule has 2 atom stereocenters. The third kappa shape index (κ3) is 2.71. The molecule has 1 fully saturated rings. The SMILES string of the molecule is CS(=O)(=O)c1cccc(O)c1C1CC(C(=O)O)CN1. The van der Waals surface area contributed by atoms with Gasteiger partial charge in [-0.15, -0.1) is 0 Å². The molecule has 1 aliphatic rings. The molecule has 1 heterocycles. The fraction of sp³-hybridized carbons (Fsp3) is 0.417. The molecule has 19 heavy (non-hydrogen) atoms. The van der Waals surface area contributed by atoms with Gasteiger partial charge in [0.1, 0.15) is 5.75 Å². The number of carboxylic acids is 1. The van der Waals surface area contributed by atoms with Crippen molar-refractivity contribution in [2.75, 3.05) is 12.8 Å². The van der Waals surface area contributed by atoms with Gasteiger partial charge in [0.25, 0.3) is 0 Å². The number of aliphatic carboxylic acids is 1. The molecule has 104 valence electrons. The van der Waals surface area contributed by atoms with Gasteiger partial charge in [-0.3, -0.25) is 4.79 Å². The van der Waals surface area contributed by atoms with Crippen LogP contribution in [0.2, 0.25) is 0 Å². The first kappa shape index (κ1) is 13.8. The fourth-order valence-corrected chi connectivity index (χ4v) is 3.32. The number of phenols is 1. The van der Waals surface area contributed by atoms with Crippen LogP contribution in [-0.2, 0) is 14.6 Å². The minimum Gasteiger partial charge on any atom is -0.508 e. The number of carboxylic acid groups (broad SMARTS) is 1. The van der Waals surface area contributed by atoms with E-state index in [2.05, 4.69) is 5.32 Å². The van der Waals surface area contributed by atoms with Crippen molar-refractivity contribution >= 4 is 15.8 Å². The van der Waals surface area contributed by atoms with Crippen LogP contribution in [0.15, 0.2) is 23.1 Å². The van der Waals surface area contributed by atoms with Crippen molar-refractivity contribution in [3.05, 3.63) is 23.8 Å². The highest BCUT2D eigenvalue weighted by Gasteiger charge is 2.34. The first-order valence-electron chi connectivity index (χ1n) is 5.79. The van der Waals surface area contributed by atoms with Gasteiger partial charge in [-0.05, 0) is 18.6 Å². The molecule has 0 radical (unpaired) electrons. The summed E-state index contributed by atoms with van der Waals surface area (Å²) in [5, 5.41) is 21.8. The molecular weight excluding hydrogens is 270 g/mol. The quantitative estimate of drug-likeness (QED) is 0.748. The van der Waals surface area contributed by atoms with Crippen LogP contribution < -0.4 is 5.32 Å². The highest BCUT2D eigenvalue weighted by molar-refractivity contribution is 7.90. The lowest BCUT2D eigenvalue weighted by Crippen LogP contribution is -2.18. The molecule has 3 N–H and O–H groups in total. The van der Waals surface area contributed by atoms with E-state index in [1.807, 2.05) is 0 Å². The van der Waals surface area contributed by atoms with E-state index in [1.165, 1.54) is 18.2 Å². The van der Waals surface area contributed by atoms with E-state index in [0.29, 0.717) is 0 Å². The van der Waals surface area contributed by atoms with Crippen LogP contribution in [0, 0.1) is 5.92 Å². The molecule has 1 aliphatic heterocycles. The second kappa shape index (κ2) is 4.82. The minimum atomic E-state index is -3.48. The Bertz CT molecular complexity index is 611. The maximum Gasteiger partial charge on any atom is 0.307 e. The summed E-state index contributed by atoms with van der Waals surface area (Å²) in [6, 6.07) is 3.81. The van der Waals surface area contributed by atoms with Gasteiger partial charge in [-0.1, -0.05) is 6.07 Å². The second-order valence-corrected chi connectivity index (χ2v) is 6.68. The number of nitrogens with one attached hydrogen (secondary N) is 1. The van der Waals surface area contributed by atoms with E-state index in [-0.39, 0.29) is 29.2 Å². The van der Waals surface area contributed by atoms with Gasteiger partial charge in [0.2, 0.25) is 0 Å². The van der Waals surface area contributed by atoms with Crippen LogP contribution in [0.4, 0.5) is 0 Å². The minimum absolute atomic E-state index is 0.0380. The number of hydrogen-bond acceptors (Lipinski definition) is 5. The Hall–Kier alpha value is -1.60. The van der Waals surface area contributed by atoms with Crippen LogP contribution >= 0.6 is 0 Å². The van der Waals surface area contributed by atoms with Gasteiger partial charge < -0.3 is 15.5 Å². The first-order chi connectivity index (χ1) is 8.80. The van der Waals surface area contributed by atoms with Crippen molar-refractivity contribution in [1.29, 1.82) is 0 Å². The highest BCUT2D eigenvalue weighted by atomic mass is 32.2. The van der Waals surface area contributed by atoms with Crippen molar-refractivity contribution in [2.45, 2.75) is 17.4 Å². The normalized spacial score (nSPS) is 23.4. The lowest BCUT2D eigenvalue weighted by molar-refractivity contribution is -0.141. The Labute approximate surface area is 111 Å². The molecule has 1 saturated heterocycles.